The van der Waals surface area contributed by atoms with Crippen molar-refractivity contribution in [3.8, 4) is 11.5 Å². The Morgan fingerprint density at radius 1 is 1.00 bits per heavy atom. The number of ether oxygens (including phenoxy) is 2. The van der Waals surface area contributed by atoms with E-state index in [2.05, 4.69) is 31.9 Å². The van der Waals surface area contributed by atoms with Crippen molar-refractivity contribution >= 4 is 55.1 Å². The quantitative estimate of drug-likeness (QED) is 0.508. The molecule has 2 nitrogen and oxygen atoms in total. The second-order valence-electron chi connectivity index (χ2n) is 4.23. The summed E-state index contributed by atoms with van der Waals surface area (Å²) in [5, 5.41) is 1.11. The van der Waals surface area contributed by atoms with Gasteiger partial charge in [0.2, 0.25) is 0 Å². The van der Waals surface area contributed by atoms with Crippen molar-refractivity contribution in [2.24, 2.45) is 0 Å². The van der Waals surface area contributed by atoms with Gasteiger partial charge in [-0.25, -0.2) is 0 Å². The van der Waals surface area contributed by atoms with Crippen molar-refractivity contribution in [1.82, 2.24) is 0 Å². The zero-order valence-electron chi connectivity index (χ0n) is 11.3. The lowest BCUT2D eigenvalue weighted by molar-refractivity contribution is 0.392. The summed E-state index contributed by atoms with van der Waals surface area (Å²) < 4.78 is 11.6. The van der Waals surface area contributed by atoms with E-state index in [1.165, 1.54) is 0 Å². The Hall–Kier alpha value is -0.420. The summed E-state index contributed by atoms with van der Waals surface area (Å²) in [6.07, 6.45) is 0. The summed E-state index contributed by atoms with van der Waals surface area (Å²) in [5.74, 6) is 1.15. The third-order valence-corrected chi connectivity index (χ3v) is 5.32. The van der Waals surface area contributed by atoms with Crippen LogP contribution in [0.25, 0.3) is 0 Å². The predicted octanol–water partition coefficient (Wildman–Crippen LogP) is 6.26. The van der Waals surface area contributed by atoms with Gasteiger partial charge in [0.05, 0.1) is 19.0 Å². The fraction of sp³-hybridized carbons (Fsp3) is 0.200. The summed E-state index contributed by atoms with van der Waals surface area (Å²) in [7, 11) is 3.15. The lowest BCUT2D eigenvalue weighted by atomic mass is 10.0. The molecule has 0 aliphatic carbocycles. The van der Waals surface area contributed by atoms with Crippen LogP contribution in [0.15, 0.2) is 34.8 Å². The Morgan fingerprint density at radius 2 is 1.71 bits per heavy atom. The van der Waals surface area contributed by atoms with Gasteiger partial charge in [0.25, 0.3) is 0 Å². The molecular weight excluding hydrogens is 443 g/mol. The lowest BCUT2D eigenvalue weighted by Crippen LogP contribution is -2.00. The van der Waals surface area contributed by atoms with E-state index in [0.717, 1.165) is 15.6 Å². The highest BCUT2D eigenvalue weighted by Crippen LogP contribution is 2.45. The van der Waals surface area contributed by atoms with E-state index in [4.69, 9.17) is 32.7 Å². The molecule has 0 saturated heterocycles. The molecule has 0 spiro atoms. The molecule has 0 fully saturated rings. The number of rotatable bonds is 4. The highest BCUT2D eigenvalue weighted by Gasteiger charge is 2.22. The van der Waals surface area contributed by atoms with Crippen LogP contribution in [0.4, 0.5) is 0 Å². The zero-order chi connectivity index (χ0) is 15.6. The molecule has 112 valence electrons. The number of hydrogen-bond acceptors (Lipinski definition) is 2. The first-order valence-corrected chi connectivity index (χ1v) is 8.45. The lowest BCUT2D eigenvalue weighted by Gasteiger charge is -2.18. The highest BCUT2D eigenvalue weighted by molar-refractivity contribution is 9.11. The van der Waals surface area contributed by atoms with E-state index < -0.39 is 0 Å². The maximum atomic E-state index is 6.31. The van der Waals surface area contributed by atoms with Crippen LogP contribution >= 0.6 is 55.1 Å². The van der Waals surface area contributed by atoms with Gasteiger partial charge in [-0.2, -0.15) is 0 Å². The first-order valence-electron chi connectivity index (χ1n) is 5.99. The van der Waals surface area contributed by atoms with Crippen molar-refractivity contribution in [3.63, 3.8) is 0 Å². The van der Waals surface area contributed by atoms with Crippen molar-refractivity contribution < 1.29 is 9.47 Å². The number of hydrogen-bond donors (Lipinski definition) is 0. The van der Waals surface area contributed by atoms with Crippen LogP contribution in [0, 0.1) is 0 Å². The molecule has 0 aromatic heterocycles. The van der Waals surface area contributed by atoms with E-state index in [1.54, 1.807) is 14.2 Å². The van der Waals surface area contributed by atoms with Crippen molar-refractivity contribution in [2.75, 3.05) is 14.2 Å². The minimum Gasteiger partial charge on any atom is -0.495 e. The first-order chi connectivity index (χ1) is 9.99. The molecule has 2 aromatic rings. The average Bonchev–Trinajstić information content (AvgIpc) is 2.48. The fourth-order valence-electron chi connectivity index (χ4n) is 1.99. The Labute approximate surface area is 150 Å². The van der Waals surface area contributed by atoms with Gasteiger partial charge >= 0.3 is 0 Å². The number of benzene rings is 2. The van der Waals surface area contributed by atoms with Gasteiger partial charge in [-0.3, -0.25) is 0 Å². The summed E-state index contributed by atoms with van der Waals surface area (Å²) in [6, 6.07) is 9.35. The maximum Gasteiger partial charge on any atom is 0.145 e. The second kappa shape index (κ2) is 7.23. The van der Waals surface area contributed by atoms with Crippen LogP contribution in [-0.2, 0) is 0 Å². The molecule has 2 rings (SSSR count). The van der Waals surface area contributed by atoms with E-state index in [-0.39, 0.29) is 4.83 Å². The molecule has 6 heteroatoms. The van der Waals surface area contributed by atoms with Crippen LogP contribution in [0.1, 0.15) is 16.0 Å². The smallest absolute Gasteiger partial charge is 0.145 e. The number of methoxy groups -OCH3 is 2. The van der Waals surface area contributed by atoms with Gasteiger partial charge < -0.3 is 9.47 Å². The fourth-order valence-corrected chi connectivity index (χ4v) is 4.02. The molecule has 0 amide bonds. The van der Waals surface area contributed by atoms with E-state index in [1.807, 2.05) is 30.3 Å². The molecule has 2 aromatic carbocycles. The third kappa shape index (κ3) is 3.50. The van der Waals surface area contributed by atoms with Gasteiger partial charge in [0.1, 0.15) is 16.5 Å². The van der Waals surface area contributed by atoms with Crippen LogP contribution < -0.4 is 9.47 Å². The normalized spacial score (nSPS) is 12.1. The SMILES string of the molecule is COc1ccc(C(Br)c2cc(Cl)ccc2Br)c(OC)c1Cl. The molecule has 0 bridgehead atoms. The maximum absolute atomic E-state index is 6.31. The third-order valence-electron chi connectivity index (χ3n) is 3.02. The Bertz CT molecular complexity index is 662. The summed E-state index contributed by atoms with van der Waals surface area (Å²) in [5.41, 5.74) is 1.88. The molecule has 0 aliphatic heterocycles. The molecule has 0 N–H and O–H groups in total. The molecule has 0 saturated carbocycles. The van der Waals surface area contributed by atoms with Crippen LogP contribution in [0.2, 0.25) is 10.0 Å². The summed E-state index contributed by atoms with van der Waals surface area (Å²) >= 11 is 19.6. The molecular formula is C15H12Br2Cl2O2. The summed E-state index contributed by atoms with van der Waals surface area (Å²) in [6.45, 7) is 0. The number of alkyl halides is 1. The Morgan fingerprint density at radius 3 is 2.33 bits per heavy atom. The van der Waals surface area contributed by atoms with Crippen LogP contribution in [0.3, 0.4) is 0 Å². The van der Waals surface area contributed by atoms with E-state index in [0.29, 0.717) is 21.5 Å². The largest absolute Gasteiger partial charge is 0.495 e. The monoisotopic (exact) mass is 452 g/mol. The Kier molecular flexibility index (Phi) is 5.83. The van der Waals surface area contributed by atoms with Gasteiger partial charge in [0, 0.05) is 15.1 Å². The molecule has 1 unspecified atom stereocenters. The standard InChI is InChI=1S/C15H12Br2Cl2O2/c1-20-12-6-4-9(15(21-2)14(12)19)13(17)10-7-8(18)3-5-11(10)16/h3-7,13H,1-2H3. The zero-order valence-corrected chi connectivity index (χ0v) is 16.0. The highest BCUT2D eigenvalue weighted by atomic mass is 79.9. The van der Waals surface area contributed by atoms with Crippen LogP contribution in [-0.4, -0.2) is 14.2 Å². The Balaban J connectivity index is 2.55. The van der Waals surface area contributed by atoms with Gasteiger partial charge in [-0.1, -0.05) is 61.1 Å². The van der Waals surface area contributed by atoms with Gasteiger partial charge in [0.15, 0.2) is 0 Å². The minimum atomic E-state index is -0.121. The van der Waals surface area contributed by atoms with Crippen LogP contribution in [0.5, 0.6) is 11.5 Å². The van der Waals surface area contributed by atoms with Crippen molar-refractivity contribution in [1.29, 1.82) is 0 Å². The molecule has 0 aliphatic rings. The number of halogens is 4. The molecule has 1 atom stereocenters. The summed E-state index contributed by atoms with van der Waals surface area (Å²) in [4.78, 5) is -0.121. The van der Waals surface area contributed by atoms with E-state index >= 15 is 0 Å². The second-order valence-corrected chi connectivity index (χ2v) is 6.82. The first kappa shape index (κ1) is 16.9. The molecule has 0 heterocycles. The van der Waals surface area contributed by atoms with E-state index in [9.17, 15) is 0 Å². The molecule has 21 heavy (non-hydrogen) atoms. The predicted molar refractivity (Wildman–Crippen MR) is 94.5 cm³/mol. The van der Waals surface area contributed by atoms with Gasteiger partial charge in [-0.05, 0) is 29.8 Å². The van der Waals surface area contributed by atoms with Crippen molar-refractivity contribution in [3.05, 3.63) is 56.0 Å². The van der Waals surface area contributed by atoms with Crippen molar-refractivity contribution in [2.45, 2.75) is 4.83 Å². The average molecular weight is 455 g/mol. The minimum absolute atomic E-state index is 0.121. The molecule has 0 radical (unpaired) electrons. The van der Waals surface area contributed by atoms with Gasteiger partial charge in [-0.15, -0.1) is 0 Å². The topological polar surface area (TPSA) is 18.5 Å².